The second-order valence-electron chi connectivity index (χ2n) is 3.70. The van der Waals surface area contributed by atoms with Gasteiger partial charge in [-0.1, -0.05) is 26.0 Å². The Bertz CT molecular complexity index is 294. The first-order valence-electron chi connectivity index (χ1n) is 4.46. The topological polar surface area (TPSA) is 20.2 Å². The molecule has 0 bridgehead atoms. The molecular weight excluding hydrogens is 167 g/mol. The summed E-state index contributed by atoms with van der Waals surface area (Å²) in [7, 11) is 0. The van der Waals surface area contributed by atoms with Gasteiger partial charge in [-0.15, -0.1) is 0 Å². The van der Waals surface area contributed by atoms with Gasteiger partial charge < -0.3 is 5.11 Å². The van der Waals surface area contributed by atoms with Crippen molar-refractivity contribution in [2.24, 2.45) is 5.92 Å². The highest BCUT2D eigenvalue weighted by atomic mass is 19.1. The Hall–Kier alpha value is -0.890. The van der Waals surface area contributed by atoms with Gasteiger partial charge in [0.2, 0.25) is 0 Å². The summed E-state index contributed by atoms with van der Waals surface area (Å²) in [5.41, 5.74) is 1.26. The van der Waals surface area contributed by atoms with E-state index in [1.807, 2.05) is 13.8 Å². The first-order valence-corrected chi connectivity index (χ1v) is 4.46. The van der Waals surface area contributed by atoms with Crippen molar-refractivity contribution in [2.75, 3.05) is 0 Å². The van der Waals surface area contributed by atoms with E-state index in [0.717, 1.165) is 0 Å². The number of hydrogen-bond donors (Lipinski definition) is 1. The van der Waals surface area contributed by atoms with Crippen LogP contribution in [0.5, 0.6) is 0 Å². The molecule has 1 aromatic carbocycles. The quantitative estimate of drug-likeness (QED) is 0.745. The van der Waals surface area contributed by atoms with Crippen molar-refractivity contribution in [3.63, 3.8) is 0 Å². The van der Waals surface area contributed by atoms with Gasteiger partial charge in [-0.3, -0.25) is 0 Å². The highest BCUT2D eigenvalue weighted by Crippen LogP contribution is 2.22. The smallest absolute Gasteiger partial charge is 0.126 e. The molecule has 0 fully saturated rings. The monoisotopic (exact) mass is 182 g/mol. The molecule has 0 heterocycles. The van der Waals surface area contributed by atoms with Gasteiger partial charge in [0.15, 0.2) is 0 Å². The van der Waals surface area contributed by atoms with Crippen LogP contribution in [0.2, 0.25) is 0 Å². The van der Waals surface area contributed by atoms with E-state index < -0.39 is 6.10 Å². The molecule has 72 valence electrons. The maximum atomic E-state index is 13.1. The molecule has 1 nitrogen and oxygen atoms in total. The molecule has 0 aliphatic rings. The van der Waals surface area contributed by atoms with Gasteiger partial charge in [0, 0.05) is 0 Å². The van der Waals surface area contributed by atoms with Crippen LogP contribution in [0.15, 0.2) is 18.2 Å². The Labute approximate surface area is 78.2 Å². The molecule has 1 N–H and O–H groups in total. The molecule has 1 unspecified atom stereocenters. The van der Waals surface area contributed by atoms with Crippen LogP contribution in [0.4, 0.5) is 4.39 Å². The average molecular weight is 182 g/mol. The zero-order valence-electron chi connectivity index (χ0n) is 8.21. The van der Waals surface area contributed by atoms with E-state index in [1.54, 1.807) is 19.1 Å². The first kappa shape index (κ1) is 10.2. The predicted molar refractivity (Wildman–Crippen MR) is 50.9 cm³/mol. The third kappa shape index (κ3) is 2.28. The lowest BCUT2D eigenvalue weighted by Crippen LogP contribution is -2.05. The van der Waals surface area contributed by atoms with Crippen molar-refractivity contribution in [1.82, 2.24) is 0 Å². The number of benzene rings is 1. The molecule has 0 saturated carbocycles. The van der Waals surface area contributed by atoms with E-state index >= 15 is 0 Å². The maximum absolute atomic E-state index is 13.1. The van der Waals surface area contributed by atoms with Gasteiger partial charge in [0.25, 0.3) is 0 Å². The molecule has 1 aromatic rings. The molecule has 0 aliphatic heterocycles. The van der Waals surface area contributed by atoms with Crippen LogP contribution in [-0.2, 0) is 0 Å². The minimum atomic E-state index is -0.574. The number of rotatable bonds is 2. The van der Waals surface area contributed by atoms with E-state index in [1.165, 1.54) is 6.07 Å². The van der Waals surface area contributed by atoms with Crippen LogP contribution in [0.1, 0.15) is 31.1 Å². The second-order valence-corrected chi connectivity index (χ2v) is 3.70. The van der Waals surface area contributed by atoms with Gasteiger partial charge in [0.05, 0.1) is 6.10 Å². The Morgan fingerprint density at radius 3 is 2.38 bits per heavy atom. The van der Waals surface area contributed by atoms with Gasteiger partial charge in [-0.05, 0) is 30.0 Å². The zero-order valence-corrected chi connectivity index (χ0v) is 8.21. The third-order valence-electron chi connectivity index (χ3n) is 2.17. The van der Waals surface area contributed by atoms with Gasteiger partial charge in [0.1, 0.15) is 5.82 Å². The Kier molecular flexibility index (Phi) is 3.04. The fourth-order valence-corrected chi connectivity index (χ4v) is 1.18. The van der Waals surface area contributed by atoms with Crippen LogP contribution < -0.4 is 0 Å². The number of hydrogen-bond acceptors (Lipinski definition) is 1. The summed E-state index contributed by atoms with van der Waals surface area (Å²) in [6.45, 7) is 5.52. The standard InChI is InChI=1S/C11H15FO/c1-7(2)11(13)9-5-4-8(3)10(12)6-9/h4-7,11,13H,1-3H3. The van der Waals surface area contributed by atoms with Gasteiger partial charge in [-0.25, -0.2) is 4.39 Å². The summed E-state index contributed by atoms with van der Waals surface area (Å²) in [4.78, 5) is 0. The Morgan fingerprint density at radius 1 is 1.31 bits per heavy atom. The number of aryl methyl sites for hydroxylation is 1. The Morgan fingerprint density at radius 2 is 1.92 bits per heavy atom. The zero-order chi connectivity index (χ0) is 10.0. The van der Waals surface area contributed by atoms with Crippen LogP contribution >= 0.6 is 0 Å². The summed E-state index contributed by atoms with van der Waals surface area (Å²) < 4.78 is 13.1. The molecule has 0 spiro atoms. The van der Waals surface area contributed by atoms with Crippen LogP contribution in [-0.4, -0.2) is 5.11 Å². The highest BCUT2D eigenvalue weighted by molar-refractivity contribution is 5.25. The number of halogens is 1. The van der Waals surface area contributed by atoms with E-state index in [2.05, 4.69) is 0 Å². The number of aliphatic hydroxyl groups excluding tert-OH is 1. The van der Waals surface area contributed by atoms with E-state index in [4.69, 9.17) is 0 Å². The lowest BCUT2D eigenvalue weighted by Gasteiger charge is -2.14. The van der Waals surface area contributed by atoms with Crippen LogP contribution in [0.3, 0.4) is 0 Å². The largest absolute Gasteiger partial charge is 0.388 e. The molecule has 1 atom stereocenters. The highest BCUT2D eigenvalue weighted by Gasteiger charge is 2.12. The third-order valence-corrected chi connectivity index (χ3v) is 2.17. The van der Waals surface area contributed by atoms with Gasteiger partial charge in [-0.2, -0.15) is 0 Å². The Balaban J connectivity index is 2.97. The van der Waals surface area contributed by atoms with Crippen molar-refractivity contribution in [3.8, 4) is 0 Å². The molecule has 0 amide bonds. The molecule has 13 heavy (non-hydrogen) atoms. The summed E-state index contributed by atoms with van der Waals surface area (Å²) in [6.07, 6.45) is -0.574. The molecule has 0 aliphatic carbocycles. The van der Waals surface area contributed by atoms with Crippen LogP contribution in [0, 0.1) is 18.7 Å². The van der Waals surface area contributed by atoms with Crippen molar-refractivity contribution >= 4 is 0 Å². The summed E-state index contributed by atoms with van der Waals surface area (Å²) in [6, 6.07) is 4.86. The molecule has 0 aromatic heterocycles. The normalized spacial score (nSPS) is 13.4. The van der Waals surface area contributed by atoms with Gasteiger partial charge >= 0.3 is 0 Å². The van der Waals surface area contributed by atoms with E-state index in [0.29, 0.717) is 11.1 Å². The summed E-state index contributed by atoms with van der Waals surface area (Å²) in [5.74, 6) is -0.140. The molecule has 0 saturated heterocycles. The van der Waals surface area contributed by atoms with Crippen molar-refractivity contribution in [1.29, 1.82) is 0 Å². The molecular formula is C11H15FO. The minimum Gasteiger partial charge on any atom is -0.388 e. The number of aliphatic hydroxyl groups is 1. The van der Waals surface area contributed by atoms with Crippen molar-refractivity contribution in [3.05, 3.63) is 35.1 Å². The lowest BCUT2D eigenvalue weighted by molar-refractivity contribution is 0.126. The predicted octanol–water partition coefficient (Wildman–Crippen LogP) is 2.82. The van der Waals surface area contributed by atoms with Crippen LogP contribution in [0.25, 0.3) is 0 Å². The first-order chi connectivity index (χ1) is 6.02. The fraction of sp³-hybridized carbons (Fsp3) is 0.455. The van der Waals surface area contributed by atoms with E-state index in [-0.39, 0.29) is 11.7 Å². The minimum absolute atomic E-state index is 0.113. The molecule has 2 heteroatoms. The SMILES string of the molecule is Cc1ccc(C(O)C(C)C)cc1F. The van der Waals surface area contributed by atoms with Crippen molar-refractivity contribution in [2.45, 2.75) is 26.9 Å². The summed E-state index contributed by atoms with van der Waals surface area (Å²) >= 11 is 0. The fourth-order valence-electron chi connectivity index (χ4n) is 1.18. The lowest BCUT2D eigenvalue weighted by atomic mass is 9.98. The summed E-state index contributed by atoms with van der Waals surface area (Å²) in [5, 5.41) is 9.65. The van der Waals surface area contributed by atoms with Crippen molar-refractivity contribution < 1.29 is 9.50 Å². The molecule has 0 radical (unpaired) electrons. The molecule has 1 rings (SSSR count). The second kappa shape index (κ2) is 3.88. The maximum Gasteiger partial charge on any atom is 0.126 e. The average Bonchev–Trinajstić information content (AvgIpc) is 2.08. The van der Waals surface area contributed by atoms with E-state index in [9.17, 15) is 9.50 Å².